The lowest BCUT2D eigenvalue weighted by molar-refractivity contribution is -0.192. The fourth-order valence-corrected chi connectivity index (χ4v) is 1.43. The predicted octanol–water partition coefficient (Wildman–Crippen LogP) is 1.09. The molecule has 0 saturated carbocycles. The summed E-state index contributed by atoms with van der Waals surface area (Å²) in [5.74, 6) is 0. The highest BCUT2D eigenvalue weighted by Crippen LogP contribution is 2.04. The molecule has 92 valence electrons. The average molecular weight is 219 g/mol. The van der Waals surface area contributed by atoms with E-state index in [0.29, 0.717) is 19.8 Å². The molecule has 1 atom stereocenters. The van der Waals surface area contributed by atoms with Crippen LogP contribution in [0.15, 0.2) is 0 Å². The molecule has 4 heteroatoms. The molecule has 0 spiro atoms. The maximum atomic E-state index is 9.91. The van der Waals surface area contributed by atoms with Crippen LogP contribution in [0.5, 0.6) is 0 Å². The number of likely N-dealkylation sites (N-methyl/N-ethyl adjacent to an activating group) is 1. The summed E-state index contributed by atoms with van der Waals surface area (Å²) in [4.78, 5) is 2.15. The molecule has 0 amide bonds. The van der Waals surface area contributed by atoms with Gasteiger partial charge in [0.2, 0.25) is 0 Å². The number of rotatable bonds is 9. The van der Waals surface area contributed by atoms with Crippen LogP contribution in [-0.4, -0.2) is 55.2 Å². The molecule has 0 aromatic carbocycles. The van der Waals surface area contributed by atoms with Crippen LogP contribution in [0.3, 0.4) is 0 Å². The molecule has 0 aromatic rings. The van der Waals surface area contributed by atoms with Gasteiger partial charge in [0.25, 0.3) is 0 Å². The van der Waals surface area contributed by atoms with Crippen LogP contribution in [0.2, 0.25) is 0 Å². The van der Waals surface area contributed by atoms with Crippen LogP contribution in [-0.2, 0) is 9.47 Å². The van der Waals surface area contributed by atoms with Crippen molar-refractivity contribution in [3.8, 4) is 0 Å². The smallest absolute Gasteiger partial charge is 0.184 e. The molecule has 0 heterocycles. The molecule has 0 radical (unpaired) electrons. The van der Waals surface area contributed by atoms with Gasteiger partial charge >= 0.3 is 0 Å². The quantitative estimate of drug-likeness (QED) is 0.589. The maximum Gasteiger partial charge on any atom is 0.184 e. The van der Waals surface area contributed by atoms with E-state index in [9.17, 15) is 5.11 Å². The van der Waals surface area contributed by atoms with Crippen molar-refractivity contribution in [1.82, 2.24) is 4.90 Å². The van der Waals surface area contributed by atoms with Gasteiger partial charge in [0.1, 0.15) is 6.10 Å². The lowest BCUT2D eigenvalue weighted by Crippen LogP contribution is -2.41. The highest BCUT2D eigenvalue weighted by atomic mass is 16.7. The number of hydrogen-bond acceptors (Lipinski definition) is 4. The molecule has 1 N–H and O–H groups in total. The van der Waals surface area contributed by atoms with E-state index >= 15 is 0 Å². The summed E-state index contributed by atoms with van der Waals surface area (Å²) in [6.45, 7) is 11.5. The third-order valence-electron chi connectivity index (χ3n) is 2.32. The van der Waals surface area contributed by atoms with Crippen LogP contribution in [0, 0.1) is 0 Å². The zero-order chi connectivity index (χ0) is 11.7. The first-order valence-corrected chi connectivity index (χ1v) is 5.83. The molecule has 0 aliphatic heterocycles. The minimum atomic E-state index is -0.579. The summed E-state index contributed by atoms with van der Waals surface area (Å²) in [6, 6.07) is 0. The molecule has 15 heavy (non-hydrogen) atoms. The topological polar surface area (TPSA) is 41.9 Å². The summed E-state index contributed by atoms with van der Waals surface area (Å²) >= 11 is 0. The molecule has 0 fully saturated rings. The lowest BCUT2D eigenvalue weighted by atomic mass is 10.3. The summed E-state index contributed by atoms with van der Waals surface area (Å²) in [6.07, 6.45) is -1.08. The summed E-state index contributed by atoms with van der Waals surface area (Å²) < 4.78 is 10.7. The van der Waals surface area contributed by atoms with Gasteiger partial charge in [-0.15, -0.1) is 0 Å². The third-order valence-corrected chi connectivity index (χ3v) is 2.32. The highest BCUT2D eigenvalue weighted by molar-refractivity contribution is 4.66. The fourth-order valence-electron chi connectivity index (χ4n) is 1.43. The second-order valence-electron chi connectivity index (χ2n) is 3.33. The second kappa shape index (κ2) is 9.09. The van der Waals surface area contributed by atoms with Gasteiger partial charge in [0.05, 0.1) is 0 Å². The standard InChI is InChI=1S/C11H25NO3/c1-5-12(6-2)9-10(13)11(14-7-3)15-8-4/h10-11,13H,5-9H2,1-4H3. The van der Waals surface area contributed by atoms with E-state index in [1.807, 2.05) is 13.8 Å². The van der Waals surface area contributed by atoms with Crippen molar-refractivity contribution in [2.75, 3.05) is 32.8 Å². The van der Waals surface area contributed by atoms with Crippen molar-refractivity contribution in [2.45, 2.75) is 40.1 Å². The Kier molecular flexibility index (Phi) is 9.00. The largest absolute Gasteiger partial charge is 0.386 e. The molecule has 4 nitrogen and oxygen atoms in total. The van der Waals surface area contributed by atoms with Crippen molar-refractivity contribution in [3.05, 3.63) is 0 Å². The van der Waals surface area contributed by atoms with E-state index in [2.05, 4.69) is 18.7 Å². The van der Waals surface area contributed by atoms with Crippen molar-refractivity contribution in [3.63, 3.8) is 0 Å². The van der Waals surface area contributed by atoms with Gasteiger partial charge in [-0.25, -0.2) is 0 Å². The number of aliphatic hydroxyl groups is 1. The van der Waals surface area contributed by atoms with Gasteiger partial charge in [-0.2, -0.15) is 0 Å². The SMILES string of the molecule is CCOC(OCC)C(O)CN(CC)CC. The summed E-state index contributed by atoms with van der Waals surface area (Å²) in [5.41, 5.74) is 0. The Labute approximate surface area is 93.2 Å². The number of ether oxygens (including phenoxy) is 2. The van der Waals surface area contributed by atoms with Gasteiger partial charge in [0, 0.05) is 19.8 Å². The first-order chi connectivity index (χ1) is 7.19. The van der Waals surface area contributed by atoms with Crippen LogP contribution in [0.1, 0.15) is 27.7 Å². The van der Waals surface area contributed by atoms with Crippen molar-refractivity contribution in [2.24, 2.45) is 0 Å². The summed E-state index contributed by atoms with van der Waals surface area (Å²) in [7, 11) is 0. The first-order valence-electron chi connectivity index (χ1n) is 5.83. The van der Waals surface area contributed by atoms with Crippen LogP contribution in [0.25, 0.3) is 0 Å². The second-order valence-corrected chi connectivity index (χ2v) is 3.33. The van der Waals surface area contributed by atoms with E-state index in [-0.39, 0.29) is 0 Å². The third kappa shape index (κ3) is 6.10. The molecule has 0 aliphatic rings. The molecule has 0 aliphatic carbocycles. The molecule has 0 aromatic heterocycles. The molecular formula is C11H25NO3. The Hall–Kier alpha value is -0.160. The van der Waals surface area contributed by atoms with E-state index < -0.39 is 12.4 Å². The van der Waals surface area contributed by atoms with E-state index in [1.165, 1.54) is 0 Å². The monoisotopic (exact) mass is 219 g/mol. The summed E-state index contributed by atoms with van der Waals surface area (Å²) in [5, 5.41) is 9.91. The Morgan fingerprint density at radius 3 is 1.80 bits per heavy atom. The predicted molar refractivity (Wildman–Crippen MR) is 60.8 cm³/mol. The molecule has 1 unspecified atom stereocenters. The number of hydrogen-bond donors (Lipinski definition) is 1. The van der Waals surface area contributed by atoms with Crippen LogP contribution >= 0.6 is 0 Å². The Bertz CT molecular complexity index is 134. The number of nitrogens with zero attached hydrogens (tertiary/aromatic N) is 1. The zero-order valence-corrected chi connectivity index (χ0v) is 10.4. The molecule has 0 bridgehead atoms. The van der Waals surface area contributed by atoms with Crippen LogP contribution < -0.4 is 0 Å². The molecule has 0 rings (SSSR count). The minimum Gasteiger partial charge on any atom is -0.386 e. The van der Waals surface area contributed by atoms with E-state index in [4.69, 9.17) is 9.47 Å². The van der Waals surface area contributed by atoms with Crippen LogP contribution in [0.4, 0.5) is 0 Å². The fraction of sp³-hybridized carbons (Fsp3) is 1.00. The Balaban J connectivity index is 4.04. The first kappa shape index (κ1) is 14.8. The van der Waals surface area contributed by atoms with Crippen molar-refractivity contribution >= 4 is 0 Å². The number of aliphatic hydroxyl groups excluding tert-OH is 1. The Morgan fingerprint density at radius 1 is 1.00 bits per heavy atom. The molecule has 0 saturated heterocycles. The zero-order valence-electron chi connectivity index (χ0n) is 10.4. The average Bonchev–Trinajstić information content (AvgIpc) is 2.25. The maximum absolute atomic E-state index is 9.91. The van der Waals surface area contributed by atoms with Gasteiger partial charge in [0.15, 0.2) is 6.29 Å². The van der Waals surface area contributed by atoms with Gasteiger partial charge in [-0.3, -0.25) is 0 Å². The van der Waals surface area contributed by atoms with Crippen molar-refractivity contribution in [1.29, 1.82) is 0 Å². The van der Waals surface area contributed by atoms with E-state index in [1.54, 1.807) is 0 Å². The van der Waals surface area contributed by atoms with Gasteiger partial charge < -0.3 is 19.5 Å². The van der Waals surface area contributed by atoms with Crippen molar-refractivity contribution < 1.29 is 14.6 Å². The minimum absolute atomic E-state index is 0.499. The highest BCUT2D eigenvalue weighted by Gasteiger charge is 2.21. The van der Waals surface area contributed by atoms with Gasteiger partial charge in [-0.05, 0) is 26.9 Å². The van der Waals surface area contributed by atoms with Gasteiger partial charge in [-0.1, -0.05) is 13.8 Å². The Morgan fingerprint density at radius 2 is 1.47 bits per heavy atom. The lowest BCUT2D eigenvalue weighted by Gasteiger charge is -2.27. The van der Waals surface area contributed by atoms with E-state index in [0.717, 1.165) is 13.1 Å². The normalized spacial score (nSPS) is 13.8. The molecular weight excluding hydrogens is 194 g/mol.